The van der Waals surface area contributed by atoms with Gasteiger partial charge in [-0.2, -0.15) is 0 Å². The third-order valence-corrected chi connectivity index (χ3v) is 3.33. The van der Waals surface area contributed by atoms with Gasteiger partial charge in [-0.05, 0) is 29.7 Å². The number of rotatable bonds is 4. The van der Waals surface area contributed by atoms with Gasteiger partial charge in [0, 0.05) is 0 Å². The molecule has 0 aliphatic carbocycles. The maximum Gasteiger partial charge on any atom is 0.307 e. The first-order chi connectivity index (χ1) is 9.06. The van der Waals surface area contributed by atoms with Crippen LogP contribution < -0.4 is 0 Å². The van der Waals surface area contributed by atoms with Crippen LogP contribution in [0.2, 0.25) is 0 Å². The van der Waals surface area contributed by atoms with Crippen molar-refractivity contribution in [1.29, 1.82) is 0 Å². The van der Waals surface area contributed by atoms with Crippen LogP contribution in [0, 0.1) is 6.92 Å². The molecule has 0 amide bonds. The van der Waals surface area contributed by atoms with Crippen molar-refractivity contribution >= 4 is 23.1 Å². The van der Waals surface area contributed by atoms with Crippen molar-refractivity contribution < 1.29 is 9.90 Å². The van der Waals surface area contributed by atoms with Crippen LogP contribution >= 0.6 is 12.2 Å². The average Bonchev–Trinajstić information content (AvgIpc) is 2.38. The van der Waals surface area contributed by atoms with Gasteiger partial charge >= 0.3 is 5.97 Å². The molecule has 3 heteroatoms. The highest BCUT2D eigenvalue weighted by Gasteiger charge is 2.07. The molecule has 0 atom stereocenters. The maximum atomic E-state index is 10.7. The van der Waals surface area contributed by atoms with Gasteiger partial charge < -0.3 is 5.11 Å². The van der Waals surface area contributed by atoms with Crippen LogP contribution in [0.1, 0.15) is 22.3 Å². The first-order valence-corrected chi connectivity index (χ1v) is 6.39. The van der Waals surface area contributed by atoms with Gasteiger partial charge in [-0.15, -0.1) is 0 Å². The van der Waals surface area contributed by atoms with E-state index in [2.05, 4.69) is 0 Å². The Kier molecular flexibility index (Phi) is 4.07. The van der Waals surface area contributed by atoms with Gasteiger partial charge in [0.2, 0.25) is 0 Å². The van der Waals surface area contributed by atoms with Gasteiger partial charge in [-0.3, -0.25) is 4.79 Å². The standard InChI is InChI=1S/C16H14O2S/c1-11-5-7-13(8-6-11)16(19)14-4-2-3-12(9-14)10-15(17)18/h2-9H,10H2,1H3,(H,17,18). The number of aliphatic carboxylic acids is 1. The predicted octanol–water partition coefficient (Wildman–Crippen LogP) is 3.39. The smallest absolute Gasteiger partial charge is 0.307 e. The van der Waals surface area contributed by atoms with Crippen LogP contribution in [-0.2, 0) is 11.2 Å². The van der Waals surface area contributed by atoms with E-state index in [-0.39, 0.29) is 6.42 Å². The molecule has 0 heterocycles. The third-order valence-electron chi connectivity index (χ3n) is 2.86. The van der Waals surface area contributed by atoms with Gasteiger partial charge in [0.15, 0.2) is 0 Å². The van der Waals surface area contributed by atoms with Gasteiger partial charge in [-0.1, -0.05) is 60.2 Å². The van der Waals surface area contributed by atoms with Crippen molar-refractivity contribution in [2.45, 2.75) is 13.3 Å². The quantitative estimate of drug-likeness (QED) is 0.683. The molecule has 0 bridgehead atoms. The summed E-state index contributed by atoms with van der Waals surface area (Å²) in [7, 11) is 0. The molecule has 0 fully saturated rings. The van der Waals surface area contributed by atoms with E-state index in [0.29, 0.717) is 0 Å². The molecule has 0 aliphatic rings. The number of hydrogen-bond donors (Lipinski definition) is 1. The van der Waals surface area contributed by atoms with Gasteiger partial charge in [0.1, 0.15) is 0 Å². The molecule has 2 nitrogen and oxygen atoms in total. The fourth-order valence-corrected chi connectivity index (χ4v) is 2.13. The molecule has 0 aliphatic heterocycles. The summed E-state index contributed by atoms with van der Waals surface area (Å²) in [4.78, 5) is 11.5. The van der Waals surface area contributed by atoms with Crippen LogP contribution in [0.15, 0.2) is 48.5 Å². The van der Waals surface area contributed by atoms with E-state index < -0.39 is 5.97 Å². The van der Waals surface area contributed by atoms with Gasteiger partial charge in [0.25, 0.3) is 0 Å². The lowest BCUT2D eigenvalue weighted by Gasteiger charge is -2.06. The molecule has 0 unspecified atom stereocenters. The highest BCUT2D eigenvalue weighted by molar-refractivity contribution is 7.81. The highest BCUT2D eigenvalue weighted by Crippen LogP contribution is 2.14. The number of aryl methyl sites for hydroxylation is 1. The van der Waals surface area contributed by atoms with E-state index in [4.69, 9.17) is 17.3 Å². The van der Waals surface area contributed by atoms with E-state index in [9.17, 15) is 4.79 Å². The van der Waals surface area contributed by atoms with Crippen LogP contribution in [-0.4, -0.2) is 15.9 Å². The Morgan fingerprint density at radius 2 is 1.79 bits per heavy atom. The highest BCUT2D eigenvalue weighted by atomic mass is 32.1. The number of carboxylic acid groups (broad SMARTS) is 1. The Morgan fingerprint density at radius 1 is 1.11 bits per heavy atom. The van der Waals surface area contributed by atoms with Gasteiger partial charge in [0.05, 0.1) is 11.3 Å². The van der Waals surface area contributed by atoms with Gasteiger partial charge in [-0.25, -0.2) is 0 Å². The zero-order chi connectivity index (χ0) is 13.8. The SMILES string of the molecule is Cc1ccc(C(=S)c2cccc(CC(=O)O)c2)cc1. The minimum atomic E-state index is -0.835. The van der Waals surface area contributed by atoms with Crippen molar-refractivity contribution in [1.82, 2.24) is 0 Å². The zero-order valence-corrected chi connectivity index (χ0v) is 11.4. The second-order valence-corrected chi connectivity index (χ2v) is 4.87. The lowest BCUT2D eigenvalue weighted by Crippen LogP contribution is -2.03. The number of carboxylic acids is 1. The largest absolute Gasteiger partial charge is 0.481 e. The summed E-state index contributed by atoms with van der Waals surface area (Å²) >= 11 is 5.46. The first kappa shape index (κ1) is 13.4. The Bertz CT molecular complexity index is 615. The first-order valence-electron chi connectivity index (χ1n) is 5.98. The van der Waals surface area contributed by atoms with E-state index in [1.54, 1.807) is 6.07 Å². The summed E-state index contributed by atoms with van der Waals surface area (Å²) in [6, 6.07) is 15.4. The van der Waals surface area contributed by atoms with Crippen molar-refractivity contribution in [3.05, 3.63) is 70.8 Å². The van der Waals surface area contributed by atoms with E-state index in [1.165, 1.54) is 5.56 Å². The Balaban J connectivity index is 2.28. The fourth-order valence-electron chi connectivity index (χ4n) is 1.87. The molecule has 1 N–H and O–H groups in total. The summed E-state index contributed by atoms with van der Waals surface area (Å²) in [6.45, 7) is 2.03. The summed E-state index contributed by atoms with van der Waals surface area (Å²) in [5.41, 5.74) is 3.82. The van der Waals surface area contributed by atoms with Crippen LogP contribution in [0.4, 0.5) is 0 Å². The van der Waals surface area contributed by atoms with Crippen molar-refractivity contribution in [2.24, 2.45) is 0 Å². The Labute approximate surface area is 117 Å². The number of thiocarbonyl (C=S) groups is 1. The fraction of sp³-hybridized carbons (Fsp3) is 0.125. The second kappa shape index (κ2) is 5.76. The Morgan fingerprint density at radius 3 is 2.42 bits per heavy atom. The van der Waals surface area contributed by atoms with Crippen molar-refractivity contribution in [3.8, 4) is 0 Å². The second-order valence-electron chi connectivity index (χ2n) is 4.47. The molecule has 0 saturated carbocycles. The van der Waals surface area contributed by atoms with Crippen molar-refractivity contribution in [2.75, 3.05) is 0 Å². The predicted molar refractivity (Wildman–Crippen MR) is 79.8 cm³/mol. The number of hydrogen-bond acceptors (Lipinski definition) is 2. The number of carbonyl (C=O) groups is 1. The zero-order valence-electron chi connectivity index (χ0n) is 10.6. The minimum Gasteiger partial charge on any atom is -0.481 e. The molecule has 2 rings (SSSR count). The topological polar surface area (TPSA) is 37.3 Å². The van der Waals surface area contributed by atoms with E-state index in [1.807, 2.05) is 49.4 Å². The van der Waals surface area contributed by atoms with Crippen molar-refractivity contribution in [3.63, 3.8) is 0 Å². The third kappa shape index (κ3) is 3.48. The lowest BCUT2D eigenvalue weighted by atomic mass is 10.0. The monoisotopic (exact) mass is 270 g/mol. The molecule has 0 spiro atoms. The molecule has 2 aromatic carbocycles. The molecular weight excluding hydrogens is 256 g/mol. The number of benzene rings is 2. The molecule has 0 aromatic heterocycles. The molecule has 0 radical (unpaired) electrons. The molecule has 96 valence electrons. The molecule has 2 aromatic rings. The normalized spacial score (nSPS) is 10.2. The summed E-state index contributed by atoms with van der Waals surface area (Å²) in [5.74, 6) is -0.835. The molecule has 19 heavy (non-hydrogen) atoms. The lowest BCUT2D eigenvalue weighted by molar-refractivity contribution is -0.136. The van der Waals surface area contributed by atoms with E-state index >= 15 is 0 Å². The summed E-state index contributed by atoms with van der Waals surface area (Å²) in [6.07, 6.45) is 0.0182. The van der Waals surface area contributed by atoms with Crippen LogP contribution in [0.25, 0.3) is 0 Å². The minimum absolute atomic E-state index is 0.0182. The maximum absolute atomic E-state index is 10.7. The Hall–Kier alpha value is -2.00. The average molecular weight is 270 g/mol. The molecular formula is C16H14O2S. The summed E-state index contributed by atoms with van der Waals surface area (Å²) in [5, 5.41) is 8.81. The van der Waals surface area contributed by atoms with E-state index in [0.717, 1.165) is 21.6 Å². The molecule has 0 saturated heterocycles. The van der Waals surface area contributed by atoms with Crippen LogP contribution in [0.5, 0.6) is 0 Å². The van der Waals surface area contributed by atoms with Crippen LogP contribution in [0.3, 0.4) is 0 Å². The summed E-state index contributed by atoms with van der Waals surface area (Å²) < 4.78 is 0.